The fourth-order valence-corrected chi connectivity index (χ4v) is 9.04. The normalized spacial score (nSPS) is 12.2. The third-order valence-electron chi connectivity index (χ3n) is 9.99. The van der Waals surface area contributed by atoms with Crippen LogP contribution in [0.4, 0.5) is 0 Å². The topological polar surface area (TPSA) is 26.0 Å². The van der Waals surface area contributed by atoms with Crippen molar-refractivity contribution in [2.45, 2.75) is 0 Å². The predicted octanol–water partition coefficient (Wildman–Crippen LogP) is 13.3. The maximum atomic E-state index is 6.80. The Kier molecular flexibility index (Phi) is 5.29. The molecule has 11 rings (SSSR count). The molecule has 0 aliphatic rings. The minimum atomic E-state index is 0.907. The van der Waals surface area contributed by atoms with Gasteiger partial charge in [0.2, 0.25) is 0 Å². The smallest absolute Gasteiger partial charge is 0.143 e. The van der Waals surface area contributed by atoms with Gasteiger partial charge in [0.1, 0.15) is 11.2 Å². The highest BCUT2D eigenvalue weighted by atomic mass is 32.1. The Balaban J connectivity index is 1.25. The number of rotatable bonds is 2. The zero-order valence-electron chi connectivity index (χ0n) is 25.7. The minimum absolute atomic E-state index is 0.907. The SMILES string of the molecule is c1ccc(-c2nc3cc(-c4cc5ccccc5c5c4oc4cc6ccccc6cc45)ccc3c3c2ccc2c4ccccc4sc23)cc1. The van der Waals surface area contributed by atoms with E-state index in [1.807, 2.05) is 11.3 Å². The van der Waals surface area contributed by atoms with Gasteiger partial charge in [-0.3, -0.25) is 0 Å². The average molecular weight is 628 g/mol. The predicted molar refractivity (Wildman–Crippen MR) is 205 cm³/mol. The van der Waals surface area contributed by atoms with Crippen molar-refractivity contribution in [3.8, 4) is 22.4 Å². The Labute approximate surface area is 279 Å². The van der Waals surface area contributed by atoms with Gasteiger partial charge in [0.05, 0.1) is 11.2 Å². The molecule has 0 saturated heterocycles. The summed E-state index contributed by atoms with van der Waals surface area (Å²) in [7, 11) is 0. The summed E-state index contributed by atoms with van der Waals surface area (Å²) >= 11 is 1.87. The summed E-state index contributed by atoms with van der Waals surface area (Å²) < 4.78 is 9.42. The molecular weight excluding hydrogens is 603 g/mol. The second-order valence-electron chi connectivity index (χ2n) is 12.7. The number of fused-ring (bicyclic) bond motifs is 13. The van der Waals surface area contributed by atoms with Gasteiger partial charge in [-0.2, -0.15) is 0 Å². The van der Waals surface area contributed by atoms with Crippen LogP contribution in [0, 0.1) is 0 Å². The summed E-state index contributed by atoms with van der Waals surface area (Å²) in [5.74, 6) is 0. The third-order valence-corrected chi connectivity index (χ3v) is 11.2. The van der Waals surface area contributed by atoms with E-state index in [-0.39, 0.29) is 0 Å². The molecule has 0 aliphatic heterocycles. The van der Waals surface area contributed by atoms with E-state index in [0.29, 0.717) is 0 Å². The van der Waals surface area contributed by atoms with E-state index in [1.165, 1.54) is 57.9 Å². The first kappa shape index (κ1) is 26.1. The molecule has 0 atom stereocenters. The summed E-state index contributed by atoms with van der Waals surface area (Å²) in [6, 6.07) is 54.6. The molecular formula is C45H25NOS. The summed E-state index contributed by atoms with van der Waals surface area (Å²) in [5, 5.41) is 13.3. The third kappa shape index (κ3) is 3.65. The average Bonchev–Trinajstić information content (AvgIpc) is 3.72. The Morgan fingerprint density at radius 2 is 1.17 bits per heavy atom. The van der Waals surface area contributed by atoms with Crippen LogP contribution in [-0.2, 0) is 0 Å². The molecule has 2 nitrogen and oxygen atoms in total. The van der Waals surface area contributed by atoms with E-state index in [0.717, 1.165) is 49.8 Å². The molecule has 0 spiro atoms. The highest BCUT2D eigenvalue weighted by molar-refractivity contribution is 7.26. The van der Waals surface area contributed by atoms with Crippen LogP contribution in [0.5, 0.6) is 0 Å². The summed E-state index contributed by atoms with van der Waals surface area (Å²) in [6.07, 6.45) is 0. The van der Waals surface area contributed by atoms with E-state index in [2.05, 4.69) is 152 Å². The van der Waals surface area contributed by atoms with Crippen LogP contribution < -0.4 is 0 Å². The number of hydrogen-bond donors (Lipinski definition) is 0. The fourth-order valence-electron chi connectivity index (χ4n) is 7.78. The number of pyridine rings is 1. The van der Waals surface area contributed by atoms with E-state index < -0.39 is 0 Å². The monoisotopic (exact) mass is 627 g/mol. The molecule has 0 amide bonds. The molecule has 0 fully saturated rings. The van der Waals surface area contributed by atoms with Crippen molar-refractivity contribution >= 4 is 96.7 Å². The second-order valence-corrected chi connectivity index (χ2v) is 13.7. The van der Waals surface area contributed by atoms with Crippen molar-refractivity contribution in [2.24, 2.45) is 0 Å². The van der Waals surface area contributed by atoms with Crippen molar-refractivity contribution in [2.75, 3.05) is 0 Å². The lowest BCUT2D eigenvalue weighted by molar-refractivity contribution is 0.671. The van der Waals surface area contributed by atoms with Crippen molar-refractivity contribution < 1.29 is 4.42 Å². The van der Waals surface area contributed by atoms with Crippen LogP contribution >= 0.6 is 11.3 Å². The first-order valence-corrected chi connectivity index (χ1v) is 17.1. The molecule has 0 unspecified atom stereocenters. The van der Waals surface area contributed by atoms with E-state index in [1.54, 1.807) is 0 Å². The van der Waals surface area contributed by atoms with Gasteiger partial charge < -0.3 is 4.42 Å². The standard InChI is InChI=1S/C45H25NOS/c1-2-10-26(11-3-1)43-35-21-20-33-32-16-8-9-17-40(32)48-45(33)42(35)34-19-18-30(24-38(34)46-43)36-23-29-14-6-7-15-31(29)41-37-22-27-12-4-5-13-28(27)25-39(37)47-44(36)41/h1-25H. The summed E-state index contributed by atoms with van der Waals surface area (Å²) in [4.78, 5) is 5.42. The van der Waals surface area contributed by atoms with E-state index in [4.69, 9.17) is 9.40 Å². The fraction of sp³-hybridized carbons (Fsp3) is 0. The van der Waals surface area contributed by atoms with Crippen molar-refractivity contribution in [1.29, 1.82) is 0 Å². The summed E-state index contributed by atoms with van der Waals surface area (Å²) in [6.45, 7) is 0. The molecule has 3 aromatic heterocycles. The van der Waals surface area contributed by atoms with Gasteiger partial charge in [0.15, 0.2) is 0 Å². The molecule has 0 saturated carbocycles. The number of benzene rings is 8. The maximum absolute atomic E-state index is 6.80. The Hall–Kier alpha value is -6.03. The quantitative estimate of drug-likeness (QED) is 0.178. The van der Waals surface area contributed by atoms with Crippen molar-refractivity contribution in [3.05, 3.63) is 152 Å². The van der Waals surface area contributed by atoms with E-state index >= 15 is 0 Å². The number of hydrogen-bond acceptors (Lipinski definition) is 3. The number of aromatic nitrogens is 1. The number of furan rings is 1. The molecule has 11 aromatic rings. The first-order chi connectivity index (χ1) is 23.8. The lowest BCUT2D eigenvalue weighted by Gasteiger charge is -2.13. The Morgan fingerprint density at radius 1 is 0.458 bits per heavy atom. The van der Waals surface area contributed by atoms with Gasteiger partial charge in [0.25, 0.3) is 0 Å². The van der Waals surface area contributed by atoms with Crippen LogP contribution in [0.1, 0.15) is 0 Å². The minimum Gasteiger partial charge on any atom is -0.455 e. The molecule has 8 aromatic carbocycles. The zero-order chi connectivity index (χ0) is 31.3. The molecule has 0 aliphatic carbocycles. The van der Waals surface area contributed by atoms with Gasteiger partial charge in [-0.1, -0.05) is 121 Å². The second kappa shape index (κ2) is 9.74. The maximum Gasteiger partial charge on any atom is 0.143 e. The Bertz CT molecular complexity index is 3110. The van der Waals surface area contributed by atoms with E-state index in [9.17, 15) is 0 Å². The van der Waals surface area contributed by atoms with Crippen molar-refractivity contribution in [1.82, 2.24) is 4.98 Å². The van der Waals surface area contributed by atoms with Crippen LogP contribution in [0.2, 0.25) is 0 Å². The molecule has 3 heterocycles. The highest BCUT2D eigenvalue weighted by Gasteiger charge is 2.20. The molecule has 48 heavy (non-hydrogen) atoms. The molecule has 0 bridgehead atoms. The molecule has 222 valence electrons. The number of nitrogens with zero attached hydrogens (tertiary/aromatic N) is 1. The molecule has 3 heteroatoms. The summed E-state index contributed by atoms with van der Waals surface area (Å²) in [5.41, 5.74) is 7.10. The first-order valence-electron chi connectivity index (χ1n) is 16.3. The van der Waals surface area contributed by atoms with Crippen LogP contribution in [0.25, 0.3) is 108 Å². The zero-order valence-corrected chi connectivity index (χ0v) is 26.5. The van der Waals surface area contributed by atoms with Crippen LogP contribution in [0.15, 0.2) is 156 Å². The molecule has 0 N–H and O–H groups in total. The molecule has 0 radical (unpaired) electrons. The Morgan fingerprint density at radius 3 is 2.04 bits per heavy atom. The van der Waals surface area contributed by atoms with Gasteiger partial charge in [0, 0.05) is 58.2 Å². The van der Waals surface area contributed by atoms with Gasteiger partial charge in [-0.05, 0) is 57.4 Å². The lowest BCUT2D eigenvalue weighted by atomic mass is 9.93. The highest BCUT2D eigenvalue weighted by Crippen LogP contribution is 2.46. The lowest BCUT2D eigenvalue weighted by Crippen LogP contribution is -1.91. The van der Waals surface area contributed by atoms with Gasteiger partial charge in [-0.15, -0.1) is 11.3 Å². The van der Waals surface area contributed by atoms with Gasteiger partial charge in [-0.25, -0.2) is 4.98 Å². The van der Waals surface area contributed by atoms with Crippen LogP contribution in [0.3, 0.4) is 0 Å². The largest absolute Gasteiger partial charge is 0.455 e. The van der Waals surface area contributed by atoms with Crippen molar-refractivity contribution in [3.63, 3.8) is 0 Å². The number of thiophene rings is 1. The van der Waals surface area contributed by atoms with Crippen LogP contribution in [-0.4, -0.2) is 4.98 Å². The van der Waals surface area contributed by atoms with Gasteiger partial charge >= 0.3 is 0 Å².